The molecule has 2 aliphatic heterocycles. The Balaban J connectivity index is 1.39. The van der Waals surface area contributed by atoms with Gasteiger partial charge in [0.05, 0.1) is 24.1 Å². The average molecular weight is 486 g/mol. The molecule has 2 aromatic carbocycles. The highest BCUT2D eigenvalue weighted by molar-refractivity contribution is 6.31. The molecule has 34 heavy (non-hydrogen) atoms. The third kappa shape index (κ3) is 5.51. The number of halogens is 1. The minimum absolute atomic E-state index is 0.115. The molecule has 8 nitrogen and oxygen atoms in total. The number of ether oxygens (including phenoxy) is 2. The van der Waals surface area contributed by atoms with Gasteiger partial charge in [-0.25, -0.2) is 0 Å². The van der Waals surface area contributed by atoms with Crippen LogP contribution in [-0.2, 0) is 20.9 Å². The van der Waals surface area contributed by atoms with Gasteiger partial charge < -0.3 is 25.0 Å². The van der Waals surface area contributed by atoms with Crippen LogP contribution in [-0.4, -0.2) is 54.5 Å². The maximum absolute atomic E-state index is 13.2. The van der Waals surface area contributed by atoms with Crippen LogP contribution in [0.1, 0.15) is 42.1 Å². The van der Waals surface area contributed by atoms with Crippen molar-refractivity contribution in [3.05, 3.63) is 58.6 Å². The van der Waals surface area contributed by atoms with Crippen LogP contribution in [0.25, 0.3) is 0 Å². The predicted octanol–water partition coefficient (Wildman–Crippen LogP) is 3.39. The number of carbonyl (C=O) groups excluding carboxylic acids is 3. The van der Waals surface area contributed by atoms with Crippen LogP contribution in [0.15, 0.2) is 42.5 Å². The van der Waals surface area contributed by atoms with Crippen molar-refractivity contribution in [2.24, 2.45) is 0 Å². The van der Waals surface area contributed by atoms with Crippen LogP contribution >= 0.6 is 11.6 Å². The lowest BCUT2D eigenvalue weighted by Gasteiger charge is -2.42. The molecule has 2 N–H and O–H groups in total. The third-order valence-corrected chi connectivity index (χ3v) is 6.55. The maximum Gasteiger partial charge on any atom is 0.257 e. The zero-order valence-electron chi connectivity index (χ0n) is 19.2. The minimum atomic E-state index is -0.354. The fourth-order valence-corrected chi connectivity index (χ4v) is 4.63. The molecule has 0 aromatic heterocycles. The van der Waals surface area contributed by atoms with E-state index in [-0.39, 0.29) is 49.0 Å². The van der Waals surface area contributed by atoms with Gasteiger partial charge in [-0.05, 0) is 42.7 Å². The largest absolute Gasteiger partial charge is 0.490 e. The molecule has 1 saturated heterocycles. The van der Waals surface area contributed by atoms with E-state index in [1.54, 1.807) is 36.2 Å². The fraction of sp³-hybridized carbons (Fsp3) is 0.400. The lowest BCUT2D eigenvalue weighted by atomic mass is 9.94. The van der Waals surface area contributed by atoms with Gasteiger partial charge in [0.1, 0.15) is 18.5 Å². The molecule has 0 spiro atoms. The number of hydrogen-bond acceptors (Lipinski definition) is 5. The van der Waals surface area contributed by atoms with E-state index < -0.39 is 0 Å². The average Bonchev–Trinajstić information content (AvgIpc) is 2.81. The Hall–Kier alpha value is -3.10. The van der Waals surface area contributed by atoms with Gasteiger partial charge in [-0.3, -0.25) is 14.4 Å². The van der Waals surface area contributed by atoms with Crippen LogP contribution in [0.2, 0.25) is 5.02 Å². The van der Waals surface area contributed by atoms with E-state index in [0.717, 1.165) is 5.56 Å². The van der Waals surface area contributed by atoms with Crippen LogP contribution in [0, 0.1) is 0 Å². The number of hydrogen-bond donors (Lipinski definition) is 2. The molecule has 4 rings (SSSR count). The second-order valence-corrected chi connectivity index (χ2v) is 9.04. The number of likely N-dealkylation sites (N-methyl/N-ethyl adjacent to an activating group) is 1. The molecule has 9 heteroatoms. The monoisotopic (exact) mass is 485 g/mol. The lowest BCUT2D eigenvalue weighted by Crippen LogP contribution is -2.53. The summed E-state index contributed by atoms with van der Waals surface area (Å²) >= 11 is 6.16. The number of nitrogens with one attached hydrogen (secondary N) is 2. The Labute approximate surface area is 203 Å². The molecule has 2 aromatic rings. The number of nitrogens with zero attached hydrogens (tertiary/aromatic N) is 1. The van der Waals surface area contributed by atoms with Gasteiger partial charge in [-0.2, -0.15) is 0 Å². The second-order valence-electron chi connectivity index (χ2n) is 8.63. The van der Waals surface area contributed by atoms with Crippen molar-refractivity contribution in [3.8, 4) is 5.75 Å². The standard InChI is InChI=1S/C25H28ClN3O5/c1-15(30)28-17-7-10-22-19(11-17)25(32)29(2)21-9-8-18(34-23(21)14-33-22)12-24(31)27-13-16-5-3-4-6-20(16)26/h3-7,10-11,18,21,23H,8-9,12-14H2,1-2H3,(H,27,31)(H,28,30)/t18-,21-,23+/m0/s1. The van der Waals surface area contributed by atoms with Gasteiger partial charge in [-0.1, -0.05) is 29.8 Å². The Morgan fingerprint density at radius 3 is 2.74 bits per heavy atom. The van der Waals surface area contributed by atoms with E-state index in [9.17, 15) is 14.4 Å². The molecule has 0 radical (unpaired) electrons. The highest BCUT2D eigenvalue weighted by Gasteiger charge is 2.39. The van der Waals surface area contributed by atoms with Crippen molar-refractivity contribution >= 4 is 35.0 Å². The summed E-state index contributed by atoms with van der Waals surface area (Å²) in [6.07, 6.45) is 0.950. The van der Waals surface area contributed by atoms with E-state index in [2.05, 4.69) is 10.6 Å². The summed E-state index contributed by atoms with van der Waals surface area (Å²) in [4.78, 5) is 38.8. The van der Waals surface area contributed by atoms with Gasteiger partial charge in [0.15, 0.2) is 0 Å². The summed E-state index contributed by atoms with van der Waals surface area (Å²) in [5.74, 6) is -0.0883. The molecule has 1 fully saturated rings. The highest BCUT2D eigenvalue weighted by atomic mass is 35.5. The first-order valence-corrected chi connectivity index (χ1v) is 11.7. The minimum Gasteiger partial charge on any atom is -0.490 e. The molecular weight excluding hydrogens is 458 g/mol. The summed E-state index contributed by atoms with van der Waals surface area (Å²) in [6.45, 7) is 2.03. The Kier molecular flexibility index (Phi) is 7.38. The van der Waals surface area contributed by atoms with E-state index >= 15 is 0 Å². The summed E-state index contributed by atoms with van der Waals surface area (Å²) in [6, 6.07) is 12.2. The second kappa shape index (κ2) is 10.4. The smallest absolute Gasteiger partial charge is 0.257 e. The molecular formula is C25H28ClN3O5. The number of rotatable bonds is 5. The number of benzene rings is 2. The summed E-state index contributed by atoms with van der Waals surface area (Å²) in [7, 11) is 1.75. The van der Waals surface area contributed by atoms with Gasteiger partial charge in [0.2, 0.25) is 11.8 Å². The zero-order chi connectivity index (χ0) is 24.2. The van der Waals surface area contributed by atoms with Crippen LogP contribution in [0.3, 0.4) is 0 Å². The van der Waals surface area contributed by atoms with Crippen molar-refractivity contribution in [3.63, 3.8) is 0 Å². The van der Waals surface area contributed by atoms with Crippen molar-refractivity contribution in [1.82, 2.24) is 10.2 Å². The maximum atomic E-state index is 13.2. The van der Waals surface area contributed by atoms with E-state index in [1.165, 1.54) is 6.92 Å². The molecule has 0 aliphatic carbocycles. The number of anilines is 1. The first kappa shape index (κ1) is 24.0. The first-order chi connectivity index (χ1) is 16.3. The lowest BCUT2D eigenvalue weighted by molar-refractivity contribution is -0.134. The van der Waals surface area contributed by atoms with Crippen molar-refractivity contribution < 1.29 is 23.9 Å². The topological polar surface area (TPSA) is 97.0 Å². The van der Waals surface area contributed by atoms with Crippen molar-refractivity contribution in [2.45, 2.75) is 51.0 Å². The normalized spacial score (nSPS) is 21.9. The molecule has 2 heterocycles. The summed E-state index contributed by atoms with van der Waals surface area (Å²) < 4.78 is 12.2. The van der Waals surface area contributed by atoms with Gasteiger partial charge in [0.25, 0.3) is 5.91 Å². The fourth-order valence-electron chi connectivity index (χ4n) is 4.42. The number of carbonyl (C=O) groups is 3. The highest BCUT2D eigenvalue weighted by Crippen LogP contribution is 2.32. The van der Waals surface area contributed by atoms with Crippen LogP contribution in [0.4, 0.5) is 5.69 Å². The molecule has 0 unspecified atom stereocenters. The zero-order valence-corrected chi connectivity index (χ0v) is 19.9. The molecule has 2 aliphatic rings. The quantitative estimate of drug-likeness (QED) is 0.676. The molecule has 0 bridgehead atoms. The Bertz CT molecular complexity index is 1090. The molecule has 0 saturated carbocycles. The SMILES string of the molecule is CC(=O)Nc1ccc2c(c1)C(=O)N(C)[C@H]1CC[C@@H](CC(=O)NCc3ccccc3Cl)O[C@@H]1CO2. The molecule has 180 valence electrons. The summed E-state index contributed by atoms with van der Waals surface area (Å²) in [5.41, 5.74) is 1.79. The Morgan fingerprint density at radius 1 is 1.18 bits per heavy atom. The summed E-state index contributed by atoms with van der Waals surface area (Å²) in [5, 5.41) is 6.21. The van der Waals surface area contributed by atoms with E-state index in [4.69, 9.17) is 21.1 Å². The van der Waals surface area contributed by atoms with Crippen molar-refractivity contribution in [2.75, 3.05) is 19.0 Å². The van der Waals surface area contributed by atoms with E-state index in [0.29, 0.717) is 41.4 Å². The Morgan fingerprint density at radius 2 is 1.97 bits per heavy atom. The van der Waals surface area contributed by atoms with E-state index in [1.807, 2.05) is 18.2 Å². The number of fused-ring (bicyclic) bond motifs is 2. The predicted molar refractivity (Wildman–Crippen MR) is 128 cm³/mol. The van der Waals surface area contributed by atoms with Gasteiger partial charge in [-0.15, -0.1) is 0 Å². The van der Waals surface area contributed by atoms with Gasteiger partial charge in [0, 0.05) is 31.2 Å². The van der Waals surface area contributed by atoms with Crippen molar-refractivity contribution in [1.29, 1.82) is 0 Å². The van der Waals surface area contributed by atoms with Crippen LogP contribution < -0.4 is 15.4 Å². The first-order valence-electron chi connectivity index (χ1n) is 11.3. The molecule has 3 amide bonds. The van der Waals surface area contributed by atoms with Crippen LogP contribution in [0.5, 0.6) is 5.75 Å². The van der Waals surface area contributed by atoms with Gasteiger partial charge >= 0.3 is 0 Å². The third-order valence-electron chi connectivity index (χ3n) is 6.18. The number of amides is 3. The molecule has 3 atom stereocenters.